The van der Waals surface area contributed by atoms with Crippen LogP contribution in [0.4, 0.5) is 0 Å². The molecule has 1 aliphatic heterocycles. The Morgan fingerprint density at radius 3 is 2.48 bits per heavy atom. The maximum atomic E-state index is 14.1. The monoisotopic (exact) mass is 570 g/mol. The van der Waals surface area contributed by atoms with E-state index in [9.17, 15) is 9.59 Å². The lowest BCUT2D eigenvalue weighted by atomic mass is 9.43. The molecule has 2 N–H and O–H groups in total. The van der Waals surface area contributed by atoms with E-state index >= 15 is 0 Å². The Balaban J connectivity index is 1.22. The third-order valence-electron chi connectivity index (χ3n) is 10.9. The summed E-state index contributed by atoms with van der Waals surface area (Å²) in [4.78, 5) is 27.8. The highest BCUT2D eigenvalue weighted by Gasteiger charge is 2.68. The molecular weight excluding hydrogens is 523 g/mol. The minimum Gasteiger partial charge on any atom is -0.404 e. The molecule has 4 aliphatic carbocycles. The van der Waals surface area contributed by atoms with Crippen molar-refractivity contribution in [2.75, 3.05) is 0 Å². The van der Waals surface area contributed by atoms with Crippen LogP contribution in [0.15, 0.2) is 48.5 Å². The highest BCUT2D eigenvalue weighted by molar-refractivity contribution is 6.48. The second-order valence-corrected chi connectivity index (χ2v) is 14.4. The number of fused-ring (bicyclic) bond motifs is 1. The van der Waals surface area contributed by atoms with Crippen LogP contribution in [0.2, 0.25) is 0 Å². The zero-order valence-electron chi connectivity index (χ0n) is 26.0. The fraction of sp³-hybridized carbons (Fsp3) is 0.600. The summed E-state index contributed by atoms with van der Waals surface area (Å²) in [6.07, 6.45) is 7.52. The molecule has 4 fully saturated rings. The predicted molar refractivity (Wildman–Crippen MR) is 166 cm³/mol. The average molecular weight is 571 g/mol. The maximum absolute atomic E-state index is 14.1. The number of carbonyl (C=O) groups excluding carboxylic acids is 2. The van der Waals surface area contributed by atoms with Crippen LogP contribution in [0.25, 0.3) is 0 Å². The topological polar surface area (TPSA) is 76.7 Å². The normalized spacial score (nSPS) is 28.7. The molecule has 3 saturated carbocycles. The van der Waals surface area contributed by atoms with Gasteiger partial charge in [-0.25, -0.2) is 0 Å². The first kappa shape index (κ1) is 29.4. The van der Waals surface area contributed by atoms with Gasteiger partial charge in [0.25, 0.3) is 5.91 Å². The molecule has 6 nitrogen and oxygen atoms in total. The summed E-state index contributed by atoms with van der Waals surface area (Å²) >= 11 is 0. The van der Waals surface area contributed by atoms with Crippen LogP contribution in [-0.4, -0.2) is 42.6 Å². The third-order valence-corrected chi connectivity index (χ3v) is 10.9. The minimum atomic E-state index is -0.722. The Labute approximate surface area is 251 Å². The molecule has 7 rings (SSSR count). The van der Waals surface area contributed by atoms with Gasteiger partial charge >= 0.3 is 7.12 Å². The summed E-state index contributed by atoms with van der Waals surface area (Å²) in [7, 11) is -0.504. The Bertz CT molecular complexity index is 1310. The number of carbonyl (C=O) groups is 2. The van der Waals surface area contributed by atoms with E-state index in [4.69, 9.17) is 9.31 Å². The molecule has 2 aromatic carbocycles. The lowest BCUT2D eigenvalue weighted by Gasteiger charge is -2.64. The van der Waals surface area contributed by atoms with Gasteiger partial charge < -0.3 is 19.9 Å². The van der Waals surface area contributed by atoms with Crippen LogP contribution in [0.5, 0.6) is 0 Å². The van der Waals surface area contributed by atoms with Crippen molar-refractivity contribution in [3.05, 3.63) is 70.8 Å². The largest absolute Gasteiger partial charge is 0.481 e. The zero-order chi connectivity index (χ0) is 29.6. The first-order valence-electron chi connectivity index (χ1n) is 16.2. The van der Waals surface area contributed by atoms with Gasteiger partial charge in [0.2, 0.25) is 5.91 Å². The molecule has 2 aromatic rings. The third kappa shape index (κ3) is 5.43. The Morgan fingerprint density at radius 1 is 0.976 bits per heavy atom. The van der Waals surface area contributed by atoms with Crippen LogP contribution >= 0.6 is 0 Å². The predicted octanol–water partition coefficient (Wildman–Crippen LogP) is 5.70. The number of amides is 2. The number of hydrogen-bond donors (Lipinski definition) is 2. The summed E-state index contributed by atoms with van der Waals surface area (Å²) in [5.74, 6) is 0.769. The lowest BCUT2D eigenvalue weighted by Crippen LogP contribution is -2.65. The van der Waals surface area contributed by atoms with Crippen molar-refractivity contribution in [2.24, 2.45) is 23.2 Å². The quantitative estimate of drug-likeness (QED) is 0.379. The SMILES string of the molecule is CC(C)C[C@H](NC(=O)[C@H](Cc1ccccc1)NC(=O)c1cccc2c1CCCC2)B1O[C@@H]2CC3CC(C3(C)C)[C@@]2(C)O1. The van der Waals surface area contributed by atoms with Gasteiger partial charge in [-0.3, -0.25) is 9.59 Å². The molecule has 6 atom stereocenters. The van der Waals surface area contributed by atoms with E-state index in [1.807, 2.05) is 42.5 Å². The molecule has 2 bridgehead atoms. The van der Waals surface area contributed by atoms with Crippen molar-refractivity contribution in [3.8, 4) is 0 Å². The lowest BCUT2D eigenvalue weighted by molar-refractivity contribution is -0.199. The summed E-state index contributed by atoms with van der Waals surface area (Å²) in [5.41, 5.74) is 3.99. The second kappa shape index (κ2) is 11.5. The van der Waals surface area contributed by atoms with Crippen LogP contribution in [0, 0.1) is 23.2 Å². The molecule has 224 valence electrons. The van der Waals surface area contributed by atoms with Crippen molar-refractivity contribution in [3.63, 3.8) is 0 Å². The van der Waals surface area contributed by atoms with Gasteiger partial charge in [-0.2, -0.15) is 0 Å². The standard InChI is InChI=1S/C35H47BN2O4/c1-22(2)18-31(36-41-30-21-25-20-29(34(25,3)4)35(30,5)42-36)38-33(40)28(19-23-12-7-6-8-13-23)37-32(39)27-17-11-15-24-14-9-10-16-26(24)27/h6-8,11-13,15,17,22,25,28-31H,9-10,14,16,18-21H2,1-5H3,(H,37,39)(H,38,40)/t25?,28-,29?,30+,31-,35+/m0/s1. The highest BCUT2D eigenvalue weighted by atomic mass is 16.7. The summed E-state index contributed by atoms with van der Waals surface area (Å²) < 4.78 is 13.4. The van der Waals surface area contributed by atoms with E-state index in [1.54, 1.807) is 0 Å². The number of rotatable bonds is 9. The van der Waals surface area contributed by atoms with Crippen molar-refractivity contribution < 1.29 is 18.9 Å². The number of hydrogen-bond acceptors (Lipinski definition) is 4. The van der Waals surface area contributed by atoms with Crippen molar-refractivity contribution >= 4 is 18.9 Å². The van der Waals surface area contributed by atoms with Gasteiger partial charge in [-0.1, -0.05) is 70.2 Å². The summed E-state index contributed by atoms with van der Waals surface area (Å²) in [5, 5.41) is 6.43. The average Bonchev–Trinajstić information content (AvgIpc) is 3.33. The number of nitrogens with one attached hydrogen (secondary N) is 2. The van der Waals surface area contributed by atoms with Crippen molar-refractivity contribution in [2.45, 2.75) is 110 Å². The van der Waals surface area contributed by atoms with Crippen LogP contribution in [-0.2, 0) is 33.4 Å². The van der Waals surface area contributed by atoms with Gasteiger partial charge in [0.05, 0.1) is 17.6 Å². The second-order valence-electron chi connectivity index (χ2n) is 14.4. The van der Waals surface area contributed by atoms with Gasteiger partial charge in [-0.05, 0) is 97.8 Å². The molecule has 1 heterocycles. The fourth-order valence-corrected chi connectivity index (χ4v) is 8.39. The fourth-order valence-electron chi connectivity index (χ4n) is 8.39. The molecular formula is C35H47BN2O4. The van der Waals surface area contributed by atoms with Crippen LogP contribution < -0.4 is 10.6 Å². The molecule has 2 unspecified atom stereocenters. The molecule has 2 amide bonds. The molecule has 0 spiro atoms. The highest BCUT2D eigenvalue weighted by Crippen LogP contribution is 2.65. The first-order chi connectivity index (χ1) is 20.1. The van der Waals surface area contributed by atoms with Crippen LogP contribution in [0.3, 0.4) is 0 Å². The van der Waals surface area contributed by atoms with Crippen LogP contribution in [0.1, 0.15) is 93.8 Å². The molecule has 5 aliphatic rings. The van der Waals surface area contributed by atoms with Gasteiger partial charge in [-0.15, -0.1) is 0 Å². The van der Waals surface area contributed by atoms with E-state index in [0.29, 0.717) is 29.7 Å². The molecule has 0 aromatic heterocycles. The number of benzene rings is 2. The van der Waals surface area contributed by atoms with E-state index in [-0.39, 0.29) is 34.9 Å². The van der Waals surface area contributed by atoms with E-state index < -0.39 is 13.2 Å². The Hall–Kier alpha value is -2.64. The van der Waals surface area contributed by atoms with E-state index in [1.165, 1.54) is 12.0 Å². The molecule has 42 heavy (non-hydrogen) atoms. The van der Waals surface area contributed by atoms with Gasteiger partial charge in [0.1, 0.15) is 6.04 Å². The smallest absolute Gasteiger partial charge is 0.404 e. The van der Waals surface area contributed by atoms with Gasteiger partial charge in [0.15, 0.2) is 0 Å². The van der Waals surface area contributed by atoms with E-state index in [0.717, 1.165) is 49.7 Å². The minimum absolute atomic E-state index is 0.0508. The molecule has 0 radical (unpaired) electrons. The molecule has 7 heteroatoms. The maximum Gasteiger partial charge on any atom is 0.481 e. The Morgan fingerprint density at radius 2 is 1.74 bits per heavy atom. The number of aryl methyl sites for hydroxylation is 1. The first-order valence-corrected chi connectivity index (χ1v) is 16.2. The Kier molecular flexibility index (Phi) is 8.03. The van der Waals surface area contributed by atoms with E-state index in [2.05, 4.69) is 51.3 Å². The van der Waals surface area contributed by atoms with Gasteiger partial charge in [0, 0.05) is 12.0 Å². The van der Waals surface area contributed by atoms with Crippen molar-refractivity contribution in [1.82, 2.24) is 10.6 Å². The summed E-state index contributed by atoms with van der Waals surface area (Å²) in [6.45, 7) is 11.2. The summed E-state index contributed by atoms with van der Waals surface area (Å²) in [6, 6.07) is 15.2. The zero-order valence-corrected chi connectivity index (χ0v) is 26.0. The van der Waals surface area contributed by atoms with Crippen molar-refractivity contribution in [1.29, 1.82) is 0 Å². The molecule has 1 saturated heterocycles.